The topological polar surface area (TPSA) is 15.7 Å². The molecule has 0 bridgehead atoms. The van der Waals surface area contributed by atoms with Crippen molar-refractivity contribution in [1.29, 1.82) is 0 Å². The molecule has 3 nitrogen and oxygen atoms in total. The van der Waals surface area contributed by atoms with E-state index >= 15 is 0 Å². The predicted octanol–water partition coefficient (Wildman–Crippen LogP) is 6.20. The molecule has 0 aromatic heterocycles. The van der Waals surface area contributed by atoms with Crippen LogP contribution in [0.4, 0.5) is 4.39 Å². The molecule has 1 aliphatic rings. The minimum Gasteiger partial charge on any atom is -0.494 e. The minimum absolute atomic E-state index is 0.0333. The number of nitrogens with zero attached hydrogens (tertiary/aromatic N) is 2. The van der Waals surface area contributed by atoms with E-state index in [-0.39, 0.29) is 12.0 Å². The van der Waals surface area contributed by atoms with Crippen molar-refractivity contribution in [2.45, 2.75) is 33.1 Å². The van der Waals surface area contributed by atoms with Gasteiger partial charge in [0.15, 0.2) is 0 Å². The maximum atomic E-state index is 14.5. The number of rotatable bonds is 7. The lowest BCUT2D eigenvalue weighted by atomic mass is 10.1. The molecule has 0 radical (unpaired) electrons. The fourth-order valence-corrected chi connectivity index (χ4v) is 4.50. The first-order valence-corrected chi connectivity index (χ1v) is 11.1. The van der Waals surface area contributed by atoms with Gasteiger partial charge < -0.3 is 4.74 Å². The largest absolute Gasteiger partial charge is 0.494 e. The van der Waals surface area contributed by atoms with E-state index in [1.54, 1.807) is 12.1 Å². The Morgan fingerprint density at radius 2 is 1.65 bits per heavy atom. The van der Waals surface area contributed by atoms with Crippen LogP contribution in [-0.4, -0.2) is 29.5 Å². The lowest BCUT2D eigenvalue weighted by molar-refractivity contribution is 0.124. The van der Waals surface area contributed by atoms with E-state index in [0.717, 1.165) is 25.4 Å². The van der Waals surface area contributed by atoms with E-state index in [0.29, 0.717) is 23.7 Å². The standard InChI is InChI=1S/C26H28ClFN2O/c1-3-31-22-13-11-20(12-14-22)26-29(17-21-8-5-4-7-19(21)2)15-16-30(26)18-23-24(27)9-6-10-25(23)28/h4-14,26H,3,15-18H2,1-2H3/t26-/m1/s1. The number of halogens is 2. The zero-order valence-corrected chi connectivity index (χ0v) is 18.8. The monoisotopic (exact) mass is 438 g/mol. The highest BCUT2D eigenvalue weighted by atomic mass is 35.5. The maximum Gasteiger partial charge on any atom is 0.129 e. The fraction of sp³-hybridized carbons (Fsp3) is 0.308. The summed E-state index contributed by atoms with van der Waals surface area (Å²) in [5.74, 6) is 0.605. The summed E-state index contributed by atoms with van der Waals surface area (Å²) in [7, 11) is 0. The second kappa shape index (κ2) is 9.82. The molecular weight excluding hydrogens is 411 g/mol. The summed E-state index contributed by atoms with van der Waals surface area (Å²) in [5, 5.41) is 0.475. The van der Waals surface area contributed by atoms with Crippen LogP contribution in [0.5, 0.6) is 5.75 Å². The van der Waals surface area contributed by atoms with Gasteiger partial charge >= 0.3 is 0 Å². The van der Waals surface area contributed by atoms with Gasteiger partial charge in [0.25, 0.3) is 0 Å². The molecule has 1 heterocycles. The van der Waals surface area contributed by atoms with Crippen LogP contribution in [0.1, 0.15) is 35.3 Å². The molecule has 0 spiro atoms. The molecule has 0 unspecified atom stereocenters. The normalized spacial score (nSPS) is 17.2. The first-order chi connectivity index (χ1) is 15.1. The molecule has 1 fully saturated rings. The minimum atomic E-state index is -0.254. The second-order valence-corrected chi connectivity index (χ2v) is 8.35. The molecule has 0 N–H and O–H groups in total. The van der Waals surface area contributed by atoms with Gasteiger partial charge in [-0.05, 0) is 54.8 Å². The van der Waals surface area contributed by atoms with Crippen LogP contribution in [0.25, 0.3) is 0 Å². The molecule has 3 aromatic carbocycles. The van der Waals surface area contributed by atoms with Crippen LogP contribution in [-0.2, 0) is 13.1 Å². The van der Waals surface area contributed by atoms with Crippen LogP contribution >= 0.6 is 11.6 Å². The van der Waals surface area contributed by atoms with Gasteiger partial charge in [-0.2, -0.15) is 0 Å². The molecule has 1 aliphatic heterocycles. The molecule has 31 heavy (non-hydrogen) atoms. The van der Waals surface area contributed by atoms with Gasteiger partial charge in [0.05, 0.1) is 12.8 Å². The van der Waals surface area contributed by atoms with Crippen LogP contribution in [0, 0.1) is 12.7 Å². The summed E-state index contributed by atoms with van der Waals surface area (Å²) in [4.78, 5) is 4.75. The van der Waals surface area contributed by atoms with Crippen molar-refractivity contribution in [3.05, 3.63) is 99.8 Å². The number of aryl methyl sites for hydroxylation is 1. The first-order valence-electron chi connectivity index (χ1n) is 10.7. The molecule has 0 saturated carbocycles. The van der Waals surface area contributed by atoms with E-state index in [1.807, 2.05) is 19.1 Å². The number of benzene rings is 3. The van der Waals surface area contributed by atoms with Gasteiger partial charge in [-0.1, -0.05) is 54.1 Å². The van der Waals surface area contributed by atoms with Crippen LogP contribution in [0.3, 0.4) is 0 Å². The van der Waals surface area contributed by atoms with Crippen molar-refractivity contribution >= 4 is 11.6 Å². The molecule has 162 valence electrons. The van der Waals surface area contributed by atoms with Crippen molar-refractivity contribution in [3.8, 4) is 5.75 Å². The predicted molar refractivity (Wildman–Crippen MR) is 124 cm³/mol. The lowest BCUT2D eigenvalue weighted by Gasteiger charge is -2.31. The molecule has 0 amide bonds. The highest BCUT2D eigenvalue weighted by Gasteiger charge is 2.34. The van der Waals surface area contributed by atoms with Crippen molar-refractivity contribution in [2.75, 3.05) is 19.7 Å². The Labute approximate surface area is 189 Å². The summed E-state index contributed by atoms with van der Waals surface area (Å²) in [6.45, 7) is 7.81. The lowest BCUT2D eigenvalue weighted by Crippen LogP contribution is -2.31. The van der Waals surface area contributed by atoms with E-state index in [1.165, 1.54) is 22.8 Å². The Morgan fingerprint density at radius 1 is 0.935 bits per heavy atom. The third-order valence-corrected chi connectivity index (χ3v) is 6.27. The number of ether oxygens (including phenoxy) is 1. The molecule has 5 heteroatoms. The van der Waals surface area contributed by atoms with Gasteiger partial charge in [0.2, 0.25) is 0 Å². The summed E-state index contributed by atoms with van der Waals surface area (Å²) in [5.41, 5.74) is 4.31. The Hall–Kier alpha value is -2.40. The van der Waals surface area contributed by atoms with E-state index in [2.05, 4.69) is 53.1 Å². The highest BCUT2D eigenvalue weighted by molar-refractivity contribution is 6.31. The summed E-state index contributed by atoms with van der Waals surface area (Å²) in [6, 6.07) is 21.6. The third-order valence-electron chi connectivity index (χ3n) is 5.91. The molecule has 4 rings (SSSR count). The third kappa shape index (κ3) is 4.93. The smallest absolute Gasteiger partial charge is 0.129 e. The van der Waals surface area contributed by atoms with Crippen LogP contribution in [0.15, 0.2) is 66.7 Å². The van der Waals surface area contributed by atoms with Crippen LogP contribution in [0.2, 0.25) is 5.02 Å². The molecule has 1 saturated heterocycles. The van der Waals surface area contributed by atoms with Gasteiger partial charge in [-0.3, -0.25) is 9.80 Å². The quantitative estimate of drug-likeness (QED) is 0.436. The summed E-state index contributed by atoms with van der Waals surface area (Å²) < 4.78 is 20.1. The van der Waals surface area contributed by atoms with Gasteiger partial charge in [-0.15, -0.1) is 0 Å². The fourth-order valence-electron chi connectivity index (χ4n) is 4.28. The van der Waals surface area contributed by atoms with Crippen molar-refractivity contribution < 1.29 is 9.13 Å². The van der Waals surface area contributed by atoms with E-state index < -0.39 is 0 Å². The van der Waals surface area contributed by atoms with Gasteiger partial charge in [0.1, 0.15) is 11.6 Å². The van der Waals surface area contributed by atoms with E-state index in [9.17, 15) is 4.39 Å². The zero-order chi connectivity index (χ0) is 21.8. The molecule has 3 aromatic rings. The zero-order valence-electron chi connectivity index (χ0n) is 18.0. The average Bonchev–Trinajstić information content (AvgIpc) is 3.15. The molecular formula is C26H28ClFN2O. The summed E-state index contributed by atoms with van der Waals surface area (Å²) >= 11 is 6.35. The van der Waals surface area contributed by atoms with Crippen molar-refractivity contribution in [3.63, 3.8) is 0 Å². The second-order valence-electron chi connectivity index (χ2n) is 7.94. The number of hydrogen-bond donors (Lipinski definition) is 0. The van der Waals surface area contributed by atoms with Crippen LogP contribution < -0.4 is 4.74 Å². The van der Waals surface area contributed by atoms with Crippen molar-refractivity contribution in [1.82, 2.24) is 9.80 Å². The molecule has 1 atom stereocenters. The van der Waals surface area contributed by atoms with Crippen molar-refractivity contribution in [2.24, 2.45) is 0 Å². The van der Waals surface area contributed by atoms with Gasteiger partial charge in [0, 0.05) is 36.8 Å². The Balaban J connectivity index is 1.64. The Bertz CT molecular complexity index is 1000. The first kappa shape index (κ1) is 21.8. The Morgan fingerprint density at radius 3 is 2.32 bits per heavy atom. The Kier molecular flexibility index (Phi) is 6.91. The number of hydrogen-bond acceptors (Lipinski definition) is 3. The summed E-state index contributed by atoms with van der Waals surface area (Å²) in [6.07, 6.45) is 0.0333. The molecule has 0 aliphatic carbocycles. The SMILES string of the molecule is CCOc1ccc([C@@H]2N(Cc3ccccc3C)CCN2Cc2c(F)cccc2Cl)cc1. The average molecular weight is 439 g/mol. The maximum absolute atomic E-state index is 14.5. The van der Waals surface area contributed by atoms with Gasteiger partial charge in [-0.25, -0.2) is 4.39 Å². The highest BCUT2D eigenvalue weighted by Crippen LogP contribution is 2.35. The van der Waals surface area contributed by atoms with E-state index in [4.69, 9.17) is 16.3 Å².